The van der Waals surface area contributed by atoms with Crippen molar-refractivity contribution in [2.24, 2.45) is 0 Å². The maximum absolute atomic E-state index is 12.2. The normalized spacial score (nSPS) is 10.2. The SMILES string of the molecule is CCCNC(=O)c1cccc(NC(=O)COc2ccc(-c3ccccc3)cc2)c1. The van der Waals surface area contributed by atoms with E-state index in [0.29, 0.717) is 23.5 Å². The summed E-state index contributed by atoms with van der Waals surface area (Å²) in [7, 11) is 0. The van der Waals surface area contributed by atoms with Crippen LogP contribution in [0.2, 0.25) is 0 Å². The van der Waals surface area contributed by atoms with Gasteiger partial charge in [-0.2, -0.15) is 0 Å². The molecule has 3 aromatic rings. The second-order valence-electron chi connectivity index (χ2n) is 6.56. The smallest absolute Gasteiger partial charge is 0.262 e. The van der Waals surface area contributed by atoms with Crippen LogP contribution in [0.4, 0.5) is 5.69 Å². The Bertz CT molecular complexity index is 953. The molecule has 0 unspecified atom stereocenters. The van der Waals surface area contributed by atoms with Gasteiger partial charge in [-0.3, -0.25) is 9.59 Å². The van der Waals surface area contributed by atoms with Crippen molar-refractivity contribution < 1.29 is 14.3 Å². The van der Waals surface area contributed by atoms with Gasteiger partial charge in [0.2, 0.25) is 0 Å². The molecule has 0 saturated heterocycles. The molecular weight excluding hydrogens is 364 g/mol. The first-order valence-corrected chi connectivity index (χ1v) is 9.62. The molecular formula is C24H24N2O3. The van der Waals surface area contributed by atoms with E-state index in [1.54, 1.807) is 24.3 Å². The summed E-state index contributed by atoms with van der Waals surface area (Å²) in [6, 6.07) is 24.5. The average Bonchev–Trinajstić information content (AvgIpc) is 2.77. The molecule has 5 nitrogen and oxygen atoms in total. The largest absolute Gasteiger partial charge is 0.484 e. The quantitative estimate of drug-likeness (QED) is 0.597. The lowest BCUT2D eigenvalue weighted by molar-refractivity contribution is -0.118. The Balaban J connectivity index is 1.53. The number of benzene rings is 3. The van der Waals surface area contributed by atoms with Crippen LogP contribution in [-0.2, 0) is 4.79 Å². The molecule has 3 rings (SSSR count). The van der Waals surface area contributed by atoms with Crippen LogP contribution in [-0.4, -0.2) is 25.0 Å². The fraction of sp³-hybridized carbons (Fsp3) is 0.167. The molecule has 2 N–H and O–H groups in total. The maximum atomic E-state index is 12.2. The van der Waals surface area contributed by atoms with Crippen molar-refractivity contribution in [3.8, 4) is 16.9 Å². The Morgan fingerprint density at radius 3 is 2.31 bits per heavy atom. The third-order valence-electron chi connectivity index (χ3n) is 4.28. The van der Waals surface area contributed by atoms with E-state index in [2.05, 4.69) is 10.6 Å². The van der Waals surface area contributed by atoms with Gasteiger partial charge in [0.25, 0.3) is 11.8 Å². The number of nitrogens with one attached hydrogen (secondary N) is 2. The molecule has 0 bridgehead atoms. The van der Waals surface area contributed by atoms with Crippen molar-refractivity contribution in [2.75, 3.05) is 18.5 Å². The highest BCUT2D eigenvalue weighted by Crippen LogP contribution is 2.22. The van der Waals surface area contributed by atoms with E-state index in [0.717, 1.165) is 17.5 Å². The topological polar surface area (TPSA) is 67.4 Å². The van der Waals surface area contributed by atoms with E-state index in [-0.39, 0.29) is 18.4 Å². The Morgan fingerprint density at radius 1 is 0.862 bits per heavy atom. The molecule has 5 heteroatoms. The Morgan fingerprint density at radius 2 is 1.59 bits per heavy atom. The molecule has 0 aliphatic carbocycles. The van der Waals surface area contributed by atoms with E-state index in [1.165, 1.54) is 0 Å². The van der Waals surface area contributed by atoms with Gasteiger partial charge in [0.15, 0.2) is 6.61 Å². The number of anilines is 1. The van der Waals surface area contributed by atoms with E-state index < -0.39 is 0 Å². The lowest BCUT2D eigenvalue weighted by Crippen LogP contribution is -2.24. The molecule has 2 amide bonds. The number of hydrogen-bond donors (Lipinski definition) is 2. The molecule has 3 aromatic carbocycles. The zero-order valence-electron chi connectivity index (χ0n) is 16.4. The van der Waals surface area contributed by atoms with Gasteiger partial charge in [-0.15, -0.1) is 0 Å². The van der Waals surface area contributed by atoms with E-state index in [1.807, 2.05) is 61.5 Å². The summed E-state index contributed by atoms with van der Waals surface area (Å²) in [5, 5.41) is 5.57. The van der Waals surface area contributed by atoms with Gasteiger partial charge >= 0.3 is 0 Å². The Hall–Kier alpha value is -3.60. The van der Waals surface area contributed by atoms with Crippen LogP contribution in [0.15, 0.2) is 78.9 Å². The predicted molar refractivity (Wildman–Crippen MR) is 115 cm³/mol. The maximum Gasteiger partial charge on any atom is 0.262 e. The molecule has 0 saturated carbocycles. The predicted octanol–water partition coefficient (Wildman–Crippen LogP) is 4.51. The van der Waals surface area contributed by atoms with Crippen LogP contribution in [0.25, 0.3) is 11.1 Å². The summed E-state index contributed by atoms with van der Waals surface area (Å²) < 4.78 is 5.57. The highest BCUT2D eigenvalue weighted by atomic mass is 16.5. The van der Waals surface area contributed by atoms with Gasteiger partial charge in [0, 0.05) is 17.8 Å². The monoisotopic (exact) mass is 388 g/mol. The first-order chi connectivity index (χ1) is 14.2. The van der Waals surface area contributed by atoms with Crippen molar-refractivity contribution in [3.63, 3.8) is 0 Å². The van der Waals surface area contributed by atoms with Crippen molar-refractivity contribution in [1.82, 2.24) is 5.32 Å². The van der Waals surface area contributed by atoms with Crippen LogP contribution >= 0.6 is 0 Å². The zero-order chi connectivity index (χ0) is 20.5. The number of amides is 2. The fourth-order valence-corrected chi connectivity index (χ4v) is 2.80. The molecule has 0 aliphatic rings. The number of carbonyl (C=O) groups is 2. The van der Waals surface area contributed by atoms with Gasteiger partial charge in [-0.1, -0.05) is 55.5 Å². The van der Waals surface area contributed by atoms with Crippen LogP contribution in [0, 0.1) is 0 Å². The Labute approximate surface area is 170 Å². The second kappa shape index (κ2) is 10.1. The van der Waals surface area contributed by atoms with Gasteiger partial charge < -0.3 is 15.4 Å². The first kappa shape index (κ1) is 20.1. The summed E-state index contributed by atoms with van der Waals surface area (Å²) in [6.07, 6.45) is 0.867. The highest BCUT2D eigenvalue weighted by Gasteiger charge is 2.08. The minimum absolute atomic E-state index is 0.114. The summed E-state index contributed by atoms with van der Waals surface area (Å²) in [5.74, 6) is 0.175. The minimum atomic E-state index is -0.289. The van der Waals surface area contributed by atoms with Crippen LogP contribution in [0.1, 0.15) is 23.7 Å². The summed E-state index contributed by atoms with van der Waals surface area (Å²) >= 11 is 0. The van der Waals surface area contributed by atoms with Crippen molar-refractivity contribution in [3.05, 3.63) is 84.4 Å². The Kier molecular flexibility index (Phi) is 7.00. The third kappa shape index (κ3) is 5.94. The third-order valence-corrected chi connectivity index (χ3v) is 4.28. The van der Waals surface area contributed by atoms with Crippen LogP contribution in [0.5, 0.6) is 5.75 Å². The average molecular weight is 388 g/mol. The summed E-state index contributed by atoms with van der Waals surface area (Å²) in [6.45, 7) is 2.50. The molecule has 0 spiro atoms. The molecule has 0 fully saturated rings. The van der Waals surface area contributed by atoms with Gasteiger partial charge in [-0.25, -0.2) is 0 Å². The molecule has 0 aliphatic heterocycles. The molecule has 0 radical (unpaired) electrons. The van der Waals surface area contributed by atoms with Crippen LogP contribution < -0.4 is 15.4 Å². The molecule has 148 valence electrons. The number of hydrogen-bond acceptors (Lipinski definition) is 3. The highest BCUT2D eigenvalue weighted by molar-refractivity contribution is 5.97. The minimum Gasteiger partial charge on any atom is -0.484 e. The second-order valence-corrected chi connectivity index (χ2v) is 6.56. The van der Waals surface area contributed by atoms with Gasteiger partial charge in [-0.05, 0) is 47.9 Å². The van der Waals surface area contributed by atoms with E-state index in [4.69, 9.17) is 4.74 Å². The number of rotatable bonds is 8. The standard InChI is InChI=1S/C24H24N2O3/c1-2-15-25-24(28)20-9-6-10-21(16-20)26-23(27)17-29-22-13-11-19(12-14-22)18-7-4-3-5-8-18/h3-14,16H,2,15,17H2,1H3,(H,25,28)(H,26,27). The van der Waals surface area contributed by atoms with Crippen molar-refractivity contribution in [1.29, 1.82) is 0 Å². The molecule has 0 heterocycles. The van der Waals surface area contributed by atoms with E-state index in [9.17, 15) is 9.59 Å². The number of carbonyl (C=O) groups excluding carboxylic acids is 2. The summed E-state index contributed by atoms with van der Waals surface area (Å²) in [5.41, 5.74) is 3.27. The van der Waals surface area contributed by atoms with Crippen molar-refractivity contribution >= 4 is 17.5 Å². The zero-order valence-corrected chi connectivity index (χ0v) is 16.4. The molecule has 0 atom stereocenters. The number of ether oxygens (including phenoxy) is 1. The summed E-state index contributed by atoms with van der Waals surface area (Å²) in [4.78, 5) is 24.2. The van der Waals surface area contributed by atoms with Gasteiger partial charge in [0.1, 0.15) is 5.75 Å². The van der Waals surface area contributed by atoms with E-state index >= 15 is 0 Å². The lowest BCUT2D eigenvalue weighted by Gasteiger charge is -2.10. The molecule has 29 heavy (non-hydrogen) atoms. The molecule has 0 aromatic heterocycles. The van der Waals surface area contributed by atoms with Crippen molar-refractivity contribution in [2.45, 2.75) is 13.3 Å². The fourth-order valence-electron chi connectivity index (χ4n) is 2.80. The van der Waals surface area contributed by atoms with Gasteiger partial charge in [0.05, 0.1) is 0 Å². The first-order valence-electron chi connectivity index (χ1n) is 9.62. The van der Waals surface area contributed by atoms with Crippen LogP contribution in [0.3, 0.4) is 0 Å². The lowest BCUT2D eigenvalue weighted by atomic mass is 10.1.